The Hall–Kier alpha value is -1.39. The highest BCUT2D eigenvalue weighted by molar-refractivity contribution is 9.10. The molecule has 1 aliphatic rings. The molecule has 0 saturated carbocycles. The van der Waals surface area contributed by atoms with Crippen LogP contribution in [0.15, 0.2) is 47.2 Å². The quantitative estimate of drug-likeness (QED) is 0.805. The van der Waals surface area contributed by atoms with E-state index in [4.69, 9.17) is 4.74 Å². The van der Waals surface area contributed by atoms with Crippen molar-refractivity contribution in [3.8, 4) is 5.75 Å². The van der Waals surface area contributed by atoms with E-state index in [1.165, 1.54) is 17.5 Å². The van der Waals surface area contributed by atoms with Gasteiger partial charge in [0.25, 0.3) is 0 Å². The minimum atomic E-state index is 0.442. The number of hydrogen-bond acceptors (Lipinski definition) is 3. The summed E-state index contributed by atoms with van der Waals surface area (Å²) in [4.78, 5) is 6.82. The van der Waals surface area contributed by atoms with Gasteiger partial charge in [-0.3, -0.25) is 9.88 Å². The van der Waals surface area contributed by atoms with Crippen molar-refractivity contribution in [2.24, 2.45) is 5.92 Å². The SMILES string of the molecule is COc1cc(Br)ccc1CN1C[C@H](C)C[C@@H]1c1cccnc1. The summed E-state index contributed by atoms with van der Waals surface area (Å²) in [5, 5.41) is 0. The molecule has 0 N–H and O–H groups in total. The standard InChI is InChI=1S/C18H21BrN2O/c1-13-8-17(14-4-3-7-20-10-14)21(11-13)12-15-5-6-16(19)9-18(15)22-2/h3-7,9-10,13,17H,8,11-12H2,1-2H3/t13-,17-/m1/s1. The molecule has 1 aliphatic heterocycles. The summed E-state index contributed by atoms with van der Waals surface area (Å²) < 4.78 is 6.58. The molecule has 2 aromatic rings. The zero-order valence-corrected chi connectivity index (χ0v) is 14.6. The van der Waals surface area contributed by atoms with E-state index >= 15 is 0 Å². The zero-order chi connectivity index (χ0) is 15.5. The second kappa shape index (κ2) is 6.80. The van der Waals surface area contributed by atoms with Crippen molar-refractivity contribution in [3.63, 3.8) is 0 Å². The van der Waals surface area contributed by atoms with Crippen LogP contribution >= 0.6 is 15.9 Å². The van der Waals surface area contributed by atoms with Crippen molar-refractivity contribution in [1.82, 2.24) is 9.88 Å². The molecule has 1 fully saturated rings. The first-order valence-electron chi connectivity index (χ1n) is 7.63. The first-order chi connectivity index (χ1) is 10.7. The molecule has 0 spiro atoms. The van der Waals surface area contributed by atoms with E-state index in [2.05, 4.69) is 50.9 Å². The number of ether oxygens (including phenoxy) is 1. The van der Waals surface area contributed by atoms with Crippen LogP contribution in [0.4, 0.5) is 0 Å². The van der Waals surface area contributed by atoms with Crippen LogP contribution in [0.3, 0.4) is 0 Å². The Balaban J connectivity index is 1.84. The van der Waals surface area contributed by atoms with Crippen LogP contribution in [-0.2, 0) is 6.54 Å². The first kappa shape index (κ1) is 15.5. The maximum absolute atomic E-state index is 5.54. The van der Waals surface area contributed by atoms with Crippen LogP contribution in [0.25, 0.3) is 0 Å². The van der Waals surface area contributed by atoms with Gasteiger partial charge in [-0.2, -0.15) is 0 Å². The van der Waals surface area contributed by atoms with E-state index in [0.717, 1.165) is 23.3 Å². The molecule has 0 aliphatic carbocycles. The molecule has 3 nitrogen and oxygen atoms in total. The number of hydrogen-bond donors (Lipinski definition) is 0. The van der Waals surface area contributed by atoms with Crippen LogP contribution in [0.2, 0.25) is 0 Å². The Morgan fingerprint density at radius 3 is 2.95 bits per heavy atom. The molecular weight excluding hydrogens is 340 g/mol. The average Bonchev–Trinajstić information content (AvgIpc) is 2.90. The number of nitrogens with zero attached hydrogens (tertiary/aromatic N) is 2. The lowest BCUT2D eigenvalue weighted by Gasteiger charge is -2.25. The van der Waals surface area contributed by atoms with Crippen LogP contribution in [-0.4, -0.2) is 23.5 Å². The maximum Gasteiger partial charge on any atom is 0.124 e. The number of pyridine rings is 1. The number of aromatic nitrogens is 1. The minimum absolute atomic E-state index is 0.442. The summed E-state index contributed by atoms with van der Waals surface area (Å²) in [6.45, 7) is 4.33. The largest absolute Gasteiger partial charge is 0.496 e. The number of methoxy groups -OCH3 is 1. The number of likely N-dealkylation sites (tertiary alicyclic amines) is 1. The highest BCUT2D eigenvalue weighted by Gasteiger charge is 2.31. The molecule has 4 heteroatoms. The molecule has 0 bridgehead atoms. The van der Waals surface area contributed by atoms with Gasteiger partial charge in [0.05, 0.1) is 7.11 Å². The van der Waals surface area contributed by atoms with Gasteiger partial charge in [0.1, 0.15) is 5.75 Å². The lowest BCUT2D eigenvalue weighted by Crippen LogP contribution is -2.23. The number of benzene rings is 1. The van der Waals surface area contributed by atoms with Crippen LogP contribution < -0.4 is 4.74 Å². The van der Waals surface area contributed by atoms with Crippen molar-refractivity contribution in [3.05, 3.63) is 58.3 Å². The first-order valence-corrected chi connectivity index (χ1v) is 8.43. The third kappa shape index (κ3) is 3.33. The van der Waals surface area contributed by atoms with Gasteiger partial charge in [0.2, 0.25) is 0 Å². The predicted octanol–water partition coefficient (Wildman–Crippen LogP) is 4.44. The summed E-state index contributed by atoms with van der Waals surface area (Å²) in [5.41, 5.74) is 2.54. The fourth-order valence-electron chi connectivity index (χ4n) is 3.29. The molecular formula is C18H21BrN2O. The molecule has 0 radical (unpaired) electrons. The molecule has 1 saturated heterocycles. The summed E-state index contributed by atoms with van der Waals surface area (Å²) in [5.74, 6) is 1.64. The van der Waals surface area contributed by atoms with Crippen LogP contribution in [0.1, 0.15) is 30.5 Å². The number of rotatable bonds is 4. The van der Waals surface area contributed by atoms with Crippen LogP contribution in [0, 0.1) is 5.92 Å². The van der Waals surface area contributed by atoms with E-state index in [-0.39, 0.29) is 0 Å². The lowest BCUT2D eigenvalue weighted by molar-refractivity contribution is 0.241. The molecule has 1 aromatic heterocycles. The zero-order valence-electron chi connectivity index (χ0n) is 13.0. The molecule has 2 atom stereocenters. The minimum Gasteiger partial charge on any atom is -0.496 e. The Morgan fingerprint density at radius 1 is 1.36 bits per heavy atom. The van der Waals surface area contributed by atoms with Gasteiger partial charge < -0.3 is 4.74 Å². The molecule has 0 amide bonds. The fourth-order valence-corrected chi connectivity index (χ4v) is 3.63. The Labute approximate surface area is 140 Å². The van der Waals surface area contributed by atoms with Gasteiger partial charge in [-0.05, 0) is 36.1 Å². The van der Waals surface area contributed by atoms with Gasteiger partial charge in [0.15, 0.2) is 0 Å². The third-order valence-electron chi connectivity index (χ3n) is 4.30. The fraction of sp³-hybridized carbons (Fsp3) is 0.389. The van der Waals surface area contributed by atoms with Crippen molar-refractivity contribution in [1.29, 1.82) is 0 Å². The van der Waals surface area contributed by atoms with Crippen LogP contribution in [0.5, 0.6) is 5.75 Å². The summed E-state index contributed by atoms with van der Waals surface area (Å²) >= 11 is 3.51. The Kier molecular flexibility index (Phi) is 4.79. The second-order valence-corrected chi connectivity index (χ2v) is 6.94. The van der Waals surface area contributed by atoms with E-state index in [0.29, 0.717) is 12.0 Å². The summed E-state index contributed by atoms with van der Waals surface area (Å²) in [6, 6.07) is 10.9. The van der Waals surface area contributed by atoms with Gasteiger partial charge in [-0.1, -0.05) is 35.0 Å². The van der Waals surface area contributed by atoms with E-state index in [1.807, 2.05) is 24.5 Å². The predicted molar refractivity (Wildman–Crippen MR) is 91.9 cm³/mol. The topological polar surface area (TPSA) is 25.4 Å². The van der Waals surface area contributed by atoms with E-state index < -0.39 is 0 Å². The van der Waals surface area contributed by atoms with Crippen molar-refractivity contribution in [2.45, 2.75) is 25.9 Å². The normalized spacial score (nSPS) is 22.0. The Morgan fingerprint density at radius 2 is 2.23 bits per heavy atom. The van der Waals surface area contributed by atoms with Gasteiger partial charge in [-0.15, -0.1) is 0 Å². The molecule has 0 unspecified atom stereocenters. The third-order valence-corrected chi connectivity index (χ3v) is 4.80. The van der Waals surface area contributed by atoms with Gasteiger partial charge in [0, 0.05) is 41.6 Å². The monoisotopic (exact) mass is 360 g/mol. The smallest absolute Gasteiger partial charge is 0.124 e. The summed E-state index contributed by atoms with van der Waals surface area (Å²) in [7, 11) is 1.73. The van der Waals surface area contributed by atoms with Gasteiger partial charge in [-0.25, -0.2) is 0 Å². The highest BCUT2D eigenvalue weighted by Crippen LogP contribution is 2.37. The Bertz CT molecular complexity index is 632. The van der Waals surface area contributed by atoms with E-state index in [9.17, 15) is 0 Å². The lowest BCUT2D eigenvalue weighted by atomic mass is 10.0. The van der Waals surface area contributed by atoms with E-state index in [1.54, 1.807) is 7.11 Å². The molecule has 116 valence electrons. The highest BCUT2D eigenvalue weighted by atomic mass is 79.9. The molecule has 2 heterocycles. The van der Waals surface area contributed by atoms with Crippen molar-refractivity contribution >= 4 is 15.9 Å². The maximum atomic E-state index is 5.54. The molecule has 3 rings (SSSR count). The van der Waals surface area contributed by atoms with Crippen molar-refractivity contribution in [2.75, 3.05) is 13.7 Å². The molecule has 1 aromatic carbocycles. The molecule has 22 heavy (non-hydrogen) atoms. The number of halogens is 1. The summed E-state index contributed by atoms with van der Waals surface area (Å²) in [6.07, 6.45) is 5.02. The van der Waals surface area contributed by atoms with Gasteiger partial charge >= 0.3 is 0 Å². The second-order valence-electron chi connectivity index (χ2n) is 6.03. The van der Waals surface area contributed by atoms with Crippen molar-refractivity contribution < 1.29 is 4.74 Å². The average molecular weight is 361 g/mol.